The molecule has 0 radical (unpaired) electrons. The van der Waals surface area contributed by atoms with Crippen LogP contribution in [0.25, 0.3) is 0 Å². The zero-order valence-corrected chi connectivity index (χ0v) is 24.4. The van der Waals surface area contributed by atoms with Gasteiger partial charge in [0, 0.05) is 13.0 Å². The van der Waals surface area contributed by atoms with Crippen LogP contribution in [0.1, 0.15) is 75.3 Å². The summed E-state index contributed by atoms with van der Waals surface area (Å²) in [6.07, 6.45) is 3.84. The predicted molar refractivity (Wildman–Crippen MR) is 153 cm³/mol. The van der Waals surface area contributed by atoms with Gasteiger partial charge in [-0.2, -0.15) is 0 Å². The fourth-order valence-corrected chi connectivity index (χ4v) is 5.25. The van der Waals surface area contributed by atoms with E-state index in [2.05, 4.69) is 24.4 Å². The van der Waals surface area contributed by atoms with Crippen LogP contribution in [0.5, 0.6) is 5.75 Å². The third kappa shape index (κ3) is 8.21. The molecule has 0 aromatic heterocycles. The van der Waals surface area contributed by atoms with E-state index in [1.54, 1.807) is 4.90 Å². The SMILES string of the molecule is CCCOCCOCCOc1ccc2c(c1)CN(C(=O)OC(C)(C)C)[C@H](C(=O)N[C@@H]1CCCc3ccccc31)C2. The summed E-state index contributed by atoms with van der Waals surface area (Å²) in [6.45, 7) is 10.6. The summed E-state index contributed by atoms with van der Waals surface area (Å²) in [4.78, 5) is 28.6. The Kier molecular flexibility index (Phi) is 10.5. The van der Waals surface area contributed by atoms with E-state index in [1.165, 1.54) is 11.1 Å². The molecule has 1 heterocycles. The fourth-order valence-electron chi connectivity index (χ4n) is 5.25. The van der Waals surface area contributed by atoms with Crippen molar-refractivity contribution in [2.75, 3.05) is 33.0 Å². The summed E-state index contributed by atoms with van der Waals surface area (Å²) < 4.78 is 22.6. The highest BCUT2D eigenvalue weighted by Gasteiger charge is 2.38. The van der Waals surface area contributed by atoms with Crippen molar-refractivity contribution in [2.45, 2.75) is 84.0 Å². The normalized spacial score (nSPS) is 18.4. The number of amides is 2. The lowest BCUT2D eigenvalue weighted by Crippen LogP contribution is -2.54. The molecule has 2 amide bonds. The highest BCUT2D eigenvalue weighted by molar-refractivity contribution is 5.87. The topological polar surface area (TPSA) is 86.3 Å². The van der Waals surface area contributed by atoms with Crippen molar-refractivity contribution >= 4 is 12.0 Å². The maximum Gasteiger partial charge on any atom is 0.411 e. The van der Waals surface area contributed by atoms with Crippen LogP contribution in [0.15, 0.2) is 42.5 Å². The molecule has 0 spiro atoms. The summed E-state index contributed by atoms with van der Waals surface area (Å²) in [7, 11) is 0. The first-order valence-corrected chi connectivity index (χ1v) is 14.5. The second-order valence-corrected chi connectivity index (χ2v) is 11.5. The molecule has 0 bridgehead atoms. The quantitative estimate of drug-likeness (QED) is 0.378. The Morgan fingerprint density at radius 3 is 2.48 bits per heavy atom. The van der Waals surface area contributed by atoms with E-state index in [9.17, 15) is 9.59 Å². The van der Waals surface area contributed by atoms with E-state index in [0.717, 1.165) is 43.4 Å². The van der Waals surface area contributed by atoms with Crippen molar-refractivity contribution in [3.63, 3.8) is 0 Å². The Labute approximate surface area is 238 Å². The molecule has 0 saturated heterocycles. The molecule has 1 N–H and O–H groups in total. The molecule has 0 saturated carbocycles. The minimum absolute atomic E-state index is 0.0597. The van der Waals surface area contributed by atoms with Crippen molar-refractivity contribution < 1.29 is 28.5 Å². The molecule has 40 heavy (non-hydrogen) atoms. The van der Waals surface area contributed by atoms with Gasteiger partial charge in [-0.15, -0.1) is 0 Å². The Balaban J connectivity index is 1.43. The predicted octanol–water partition coefficient (Wildman–Crippen LogP) is 5.36. The second kappa shape index (κ2) is 14.0. The fraction of sp³-hybridized carbons (Fsp3) is 0.562. The first kappa shape index (κ1) is 29.9. The first-order chi connectivity index (χ1) is 19.2. The minimum Gasteiger partial charge on any atom is -0.491 e. The van der Waals surface area contributed by atoms with E-state index >= 15 is 0 Å². The number of hydrogen-bond donors (Lipinski definition) is 1. The van der Waals surface area contributed by atoms with Crippen LogP contribution in [0.4, 0.5) is 4.79 Å². The van der Waals surface area contributed by atoms with Crippen molar-refractivity contribution in [1.29, 1.82) is 0 Å². The summed E-state index contributed by atoms with van der Waals surface area (Å²) in [5.41, 5.74) is 3.75. The van der Waals surface area contributed by atoms with E-state index in [4.69, 9.17) is 18.9 Å². The number of carbonyl (C=O) groups is 2. The van der Waals surface area contributed by atoms with Crippen molar-refractivity contribution in [2.24, 2.45) is 0 Å². The summed E-state index contributed by atoms with van der Waals surface area (Å²) in [5.74, 6) is 0.550. The van der Waals surface area contributed by atoms with Crippen LogP contribution < -0.4 is 10.1 Å². The lowest BCUT2D eigenvalue weighted by Gasteiger charge is -2.38. The molecule has 2 atom stereocenters. The lowest BCUT2D eigenvalue weighted by molar-refractivity contribution is -0.128. The largest absolute Gasteiger partial charge is 0.491 e. The summed E-state index contributed by atoms with van der Waals surface area (Å²) >= 11 is 0. The Morgan fingerprint density at radius 2 is 1.70 bits per heavy atom. The van der Waals surface area contributed by atoms with E-state index in [0.29, 0.717) is 38.6 Å². The number of benzene rings is 2. The Morgan fingerprint density at radius 1 is 0.950 bits per heavy atom. The number of hydrogen-bond acceptors (Lipinski definition) is 6. The molecular formula is C32H44N2O6. The molecule has 4 rings (SSSR count). The molecule has 2 aromatic carbocycles. The zero-order valence-electron chi connectivity index (χ0n) is 24.4. The second-order valence-electron chi connectivity index (χ2n) is 11.5. The van der Waals surface area contributed by atoms with Crippen LogP contribution in [-0.2, 0) is 38.4 Å². The van der Waals surface area contributed by atoms with Crippen molar-refractivity contribution in [3.8, 4) is 5.75 Å². The van der Waals surface area contributed by atoms with Crippen LogP contribution in [0, 0.1) is 0 Å². The molecule has 8 heteroatoms. The first-order valence-electron chi connectivity index (χ1n) is 14.5. The maximum absolute atomic E-state index is 13.7. The smallest absolute Gasteiger partial charge is 0.411 e. The number of ether oxygens (including phenoxy) is 4. The summed E-state index contributed by atoms with van der Waals surface area (Å²) in [6, 6.07) is 13.4. The van der Waals surface area contributed by atoms with Crippen LogP contribution in [-0.4, -0.2) is 61.6 Å². The van der Waals surface area contributed by atoms with Crippen molar-refractivity contribution in [1.82, 2.24) is 10.2 Å². The van der Waals surface area contributed by atoms with Gasteiger partial charge in [0.25, 0.3) is 0 Å². The standard InChI is InChI=1S/C32H44N2O6/c1-5-15-37-16-17-38-18-19-39-26-14-13-24-21-29(34(22-25(24)20-26)31(36)40-32(2,3)4)30(35)33-28-12-8-10-23-9-6-7-11-27(23)28/h6-7,9,11,13-14,20,28-29H,5,8,10,12,15-19,21-22H2,1-4H3,(H,33,35)/t28-,29+/m1/s1. The molecule has 0 unspecified atom stereocenters. The molecule has 218 valence electrons. The van der Waals surface area contributed by atoms with Crippen LogP contribution in [0.3, 0.4) is 0 Å². The monoisotopic (exact) mass is 552 g/mol. The average molecular weight is 553 g/mol. The molecule has 8 nitrogen and oxygen atoms in total. The summed E-state index contributed by atoms with van der Waals surface area (Å²) in [5, 5.41) is 3.25. The molecular weight excluding hydrogens is 508 g/mol. The number of nitrogens with one attached hydrogen (secondary N) is 1. The van der Waals surface area contributed by atoms with Crippen LogP contribution in [0.2, 0.25) is 0 Å². The van der Waals surface area contributed by atoms with Gasteiger partial charge in [-0.25, -0.2) is 4.79 Å². The number of nitrogens with zero attached hydrogens (tertiary/aromatic N) is 1. The molecule has 1 aliphatic heterocycles. The van der Waals surface area contributed by atoms with E-state index in [-0.39, 0.29) is 18.5 Å². The highest BCUT2D eigenvalue weighted by Crippen LogP contribution is 2.32. The molecule has 2 aromatic rings. The minimum atomic E-state index is -0.673. The third-order valence-electron chi connectivity index (χ3n) is 7.14. The molecule has 0 fully saturated rings. The number of rotatable bonds is 11. The zero-order chi connectivity index (χ0) is 28.5. The van der Waals surface area contributed by atoms with Gasteiger partial charge in [0.1, 0.15) is 24.0 Å². The maximum atomic E-state index is 13.7. The highest BCUT2D eigenvalue weighted by atomic mass is 16.6. The van der Waals surface area contributed by atoms with Gasteiger partial charge in [0.2, 0.25) is 5.91 Å². The number of carbonyl (C=O) groups excluding carboxylic acids is 2. The van der Waals surface area contributed by atoms with E-state index < -0.39 is 17.7 Å². The molecule has 1 aliphatic carbocycles. The average Bonchev–Trinajstić information content (AvgIpc) is 2.93. The third-order valence-corrected chi connectivity index (χ3v) is 7.14. The number of aryl methyl sites for hydroxylation is 1. The van der Waals surface area contributed by atoms with Gasteiger partial charge in [0.15, 0.2) is 0 Å². The van der Waals surface area contributed by atoms with E-state index in [1.807, 2.05) is 51.1 Å². The molecule has 2 aliphatic rings. The van der Waals surface area contributed by atoms with Gasteiger partial charge < -0.3 is 24.3 Å². The van der Waals surface area contributed by atoms with Crippen molar-refractivity contribution in [3.05, 3.63) is 64.7 Å². The Hall–Kier alpha value is -3.10. The van der Waals surface area contributed by atoms with Gasteiger partial charge in [-0.1, -0.05) is 37.3 Å². The van der Waals surface area contributed by atoms with Gasteiger partial charge >= 0.3 is 6.09 Å². The lowest BCUT2D eigenvalue weighted by atomic mass is 9.87. The van der Waals surface area contributed by atoms with Gasteiger partial charge in [-0.05, 0) is 80.8 Å². The van der Waals surface area contributed by atoms with Gasteiger partial charge in [-0.3, -0.25) is 9.69 Å². The van der Waals surface area contributed by atoms with Crippen LogP contribution >= 0.6 is 0 Å². The van der Waals surface area contributed by atoms with Gasteiger partial charge in [0.05, 0.1) is 32.4 Å². The number of fused-ring (bicyclic) bond motifs is 2. The Bertz CT molecular complexity index is 1140.